The molecule has 0 aliphatic heterocycles. The number of carbonyl (C=O) groups excluding carboxylic acids is 1. The molecular weight excluding hydrogens is 206 g/mol. The summed E-state index contributed by atoms with van der Waals surface area (Å²) in [6.07, 6.45) is 1.87. The van der Waals surface area contributed by atoms with E-state index < -0.39 is 4.92 Å². The van der Waals surface area contributed by atoms with Crippen molar-refractivity contribution in [3.05, 3.63) is 52.6 Å². The van der Waals surface area contributed by atoms with Crippen molar-refractivity contribution in [2.45, 2.75) is 13.3 Å². The first kappa shape index (κ1) is 12.1. The Balaban J connectivity index is 2.72. The molecule has 16 heavy (non-hydrogen) atoms. The fraction of sp³-hybridized carbons (Fsp3) is 0.250. The lowest BCUT2D eigenvalue weighted by Gasteiger charge is -2.07. The molecule has 0 fully saturated rings. The maximum atomic E-state index is 11.3. The SMILES string of the molecule is C=CC(=O)C(C)Cc1ccc([N+](=O)[O-])cc1. The maximum Gasteiger partial charge on any atom is 0.269 e. The van der Waals surface area contributed by atoms with Crippen molar-refractivity contribution in [1.29, 1.82) is 0 Å². The average molecular weight is 219 g/mol. The molecule has 0 saturated heterocycles. The second kappa shape index (κ2) is 5.21. The number of non-ortho nitro benzene ring substituents is 1. The molecule has 1 atom stereocenters. The molecule has 4 nitrogen and oxygen atoms in total. The standard InChI is InChI=1S/C12H13NO3/c1-3-12(14)9(2)8-10-4-6-11(7-5-10)13(15)16/h3-7,9H,1,8H2,2H3. The molecule has 0 spiro atoms. The van der Waals surface area contributed by atoms with Crippen molar-refractivity contribution in [2.24, 2.45) is 5.92 Å². The van der Waals surface area contributed by atoms with Gasteiger partial charge in [0.05, 0.1) is 4.92 Å². The van der Waals surface area contributed by atoms with Crippen LogP contribution >= 0.6 is 0 Å². The highest BCUT2D eigenvalue weighted by Gasteiger charge is 2.11. The molecule has 0 aliphatic carbocycles. The molecule has 1 rings (SSSR count). The van der Waals surface area contributed by atoms with Crippen molar-refractivity contribution < 1.29 is 9.72 Å². The zero-order valence-corrected chi connectivity index (χ0v) is 9.05. The van der Waals surface area contributed by atoms with Gasteiger partial charge in [0.1, 0.15) is 0 Å². The highest BCUT2D eigenvalue weighted by molar-refractivity contribution is 5.91. The molecule has 0 amide bonds. The van der Waals surface area contributed by atoms with Crippen molar-refractivity contribution >= 4 is 11.5 Å². The van der Waals surface area contributed by atoms with Gasteiger partial charge in [0.15, 0.2) is 5.78 Å². The topological polar surface area (TPSA) is 60.2 Å². The van der Waals surface area contributed by atoms with Crippen molar-refractivity contribution in [3.63, 3.8) is 0 Å². The molecule has 1 unspecified atom stereocenters. The first-order valence-corrected chi connectivity index (χ1v) is 4.94. The van der Waals surface area contributed by atoms with E-state index >= 15 is 0 Å². The minimum atomic E-state index is -0.442. The Hall–Kier alpha value is -1.97. The van der Waals surface area contributed by atoms with E-state index in [1.165, 1.54) is 18.2 Å². The minimum absolute atomic E-state index is 0.0154. The van der Waals surface area contributed by atoms with Gasteiger partial charge in [0.2, 0.25) is 0 Å². The molecular formula is C12H13NO3. The highest BCUT2D eigenvalue weighted by Crippen LogP contribution is 2.15. The molecule has 0 aromatic heterocycles. The van der Waals surface area contributed by atoms with Crippen LogP contribution in [0.1, 0.15) is 12.5 Å². The second-order valence-corrected chi connectivity index (χ2v) is 3.64. The Bertz CT molecular complexity index is 409. The van der Waals surface area contributed by atoms with E-state index in [2.05, 4.69) is 6.58 Å². The van der Waals surface area contributed by atoms with Crippen LogP contribution in [0.15, 0.2) is 36.9 Å². The van der Waals surface area contributed by atoms with E-state index in [1.807, 2.05) is 6.92 Å². The van der Waals surface area contributed by atoms with Crippen LogP contribution in [0.3, 0.4) is 0 Å². The summed E-state index contributed by atoms with van der Waals surface area (Å²) < 4.78 is 0. The summed E-state index contributed by atoms with van der Waals surface area (Å²) in [5.74, 6) is -0.155. The third-order valence-electron chi connectivity index (χ3n) is 2.38. The third kappa shape index (κ3) is 3.02. The Morgan fingerprint density at radius 2 is 2.06 bits per heavy atom. The van der Waals surface area contributed by atoms with Crippen LogP contribution < -0.4 is 0 Å². The van der Waals surface area contributed by atoms with Gasteiger partial charge >= 0.3 is 0 Å². The Kier molecular flexibility index (Phi) is 3.94. The first-order valence-electron chi connectivity index (χ1n) is 4.94. The third-order valence-corrected chi connectivity index (χ3v) is 2.38. The van der Waals surface area contributed by atoms with Crippen molar-refractivity contribution in [1.82, 2.24) is 0 Å². The van der Waals surface area contributed by atoms with Gasteiger partial charge in [0, 0.05) is 18.1 Å². The molecule has 0 N–H and O–H groups in total. The number of rotatable bonds is 5. The summed E-state index contributed by atoms with van der Waals surface area (Å²) in [4.78, 5) is 21.2. The molecule has 0 bridgehead atoms. The monoisotopic (exact) mass is 219 g/mol. The summed E-state index contributed by atoms with van der Waals surface area (Å²) in [6.45, 7) is 5.23. The Morgan fingerprint density at radius 3 is 2.50 bits per heavy atom. The van der Waals surface area contributed by atoms with Crippen LogP contribution in [0.4, 0.5) is 5.69 Å². The number of nitro groups is 1. The number of allylic oxidation sites excluding steroid dienone is 1. The van der Waals surface area contributed by atoms with Gasteiger partial charge in [-0.05, 0) is 18.1 Å². The number of ketones is 1. The largest absolute Gasteiger partial charge is 0.295 e. The molecule has 0 radical (unpaired) electrons. The smallest absolute Gasteiger partial charge is 0.269 e. The molecule has 1 aromatic rings. The number of nitro benzene ring substituents is 1. The van der Waals surface area contributed by atoms with Crippen LogP contribution in [0, 0.1) is 16.0 Å². The normalized spacial score (nSPS) is 11.8. The van der Waals surface area contributed by atoms with E-state index in [0.29, 0.717) is 6.42 Å². The molecule has 0 saturated carbocycles. The zero-order chi connectivity index (χ0) is 12.1. The van der Waals surface area contributed by atoms with E-state index in [4.69, 9.17) is 0 Å². The van der Waals surface area contributed by atoms with Gasteiger partial charge in [0.25, 0.3) is 5.69 Å². The van der Waals surface area contributed by atoms with Gasteiger partial charge in [-0.1, -0.05) is 25.6 Å². The number of carbonyl (C=O) groups is 1. The minimum Gasteiger partial charge on any atom is -0.295 e. The number of hydrogen-bond donors (Lipinski definition) is 0. The predicted octanol–water partition coefficient (Wildman–Crippen LogP) is 2.53. The van der Waals surface area contributed by atoms with Gasteiger partial charge in [-0.15, -0.1) is 0 Å². The van der Waals surface area contributed by atoms with Crippen LogP contribution in [0.25, 0.3) is 0 Å². The van der Waals surface area contributed by atoms with Crippen LogP contribution in [-0.2, 0) is 11.2 Å². The molecule has 1 aromatic carbocycles. The lowest BCUT2D eigenvalue weighted by molar-refractivity contribution is -0.384. The van der Waals surface area contributed by atoms with E-state index in [0.717, 1.165) is 5.56 Å². The molecule has 0 heterocycles. The summed E-state index contributed by atoms with van der Waals surface area (Å²) in [7, 11) is 0. The summed E-state index contributed by atoms with van der Waals surface area (Å²) in [5.41, 5.74) is 0.972. The highest BCUT2D eigenvalue weighted by atomic mass is 16.6. The van der Waals surface area contributed by atoms with Crippen LogP contribution in [-0.4, -0.2) is 10.7 Å². The van der Waals surface area contributed by atoms with Crippen LogP contribution in [0.5, 0.6) is 0 Å². The zero-order valence-electron chi connectivity index (χ0n) is 9.05. The van der Waals surface area contributed by atoms with E-state index in [9.17, 15) is 14.9 Å². The Morgan fingerprint density at radius 1 is 1.50 bits per heavy atom. The lowest BCUT2D eigenvalue weighted by Crippen LogP contribution is -2.10. The molecule has 84 valence electrons. The first-order chi connectivity index (χ1) is 7.54. The van der Waals surface area contributed by atoms with Gasteiger partial charge in [-0.3, -0.25) is 14.9 Å². The summed E-state index contributed by atoms with van der Waals surface area (Å²) >= 11 is 0. The molecule has 4 heteroatoms. The predicted molar refractivity (Wildman–Crippen MR) is 61.2 cm³/mol. The maximum absolute atomic E-state index is 11.3. The Labute approximate surface area is 93.7 Å². The molecule has 0 aliphatic rings. The van der Waals surface area contributed by atoms with E-state index in [1.54, 1.807) is 12.1 Å². The number of nitrogens with zero attached hydrogens (tertiary/aromatic N) is 1. The average Bonchev–Trinajstić information content (AvgIpc) is 2.28. The van der Waals surface area contributed by atoms with Gasteiger partial charge < -0.3 is 0 Å². The second-order valence-electron chi connectivity index (χ2n) is 3.64. The summed E-state index contributed by atoms with van der Waals surface area (Å²) in [6, 6.07) is 6.23. The van der Waals surface area contributed by atoms with Crippen molar-refractivity contribution in [2.75, 3.05) is 0 Å². The lowest BCUT2D eigenvalue weighted by atomic mass is 9.97. The van der Waals surface area contributed by atoms with E-state index in [-0.39, 0.29) is 17.4 Å². The van der Waals surface area contributed by atoms with Gasteiger partial charge in [-0.2, -0.15) is 0 Å². The van der Waals surface area contributed by atoms with Crippen LogP contribution in [0.2, 0.25) is 0 Å². The van der Waals surface area contributed by atoms with Crippen molar-refractivity contribution in [3.8, 4) is 0 Å². The fourth-order valence-corrected chi connectivity index (χ4v) is 1.41. The fourth-order valence-electron chi connectivity index (χ4n) is 1.41. The van der Waals surface area contributed by atoms with Gasteiger partial charge in [-0.25, -0.2) is 0 Å². The summed E-state index contributed by atoms with van der Waals surface area (Å²) in [5, 5.41) is 10.4. The quantitative estimate of drug-likeness (QED) is 0.434. The number of benzene rings is 1. The number of hydrogen-bond acceptors (Lipinski definition) is 3.